The molecule has 0 bridgehead atoms. The third-order valence-corrected chi connectivity index (χ3v) is 3.74. The number of aliphatic hydroxyl groups excluding tert-OH is 1. The smallest absolute Gasteiger partial charge is 0.226 e. The minimum Gasteiger partial charge on any atom is -0.393 e. The molecule has 1 aromatic rings. The zero-order chi connectivity index (χ0) is 14.9. The van der Waals surface area contributed by atoms with E-state index in [-0.39, 0.29) is 23.3 Å². The lowest BCUT2D eigenvalue weighted by molar-refractivity contribution is -0.131. The Bertz CT molecular complexity index is 484. The van der Waals surface area contributed by atoms with Gasteiger partial charge in [0, 0.05) is 31.0 Å². The van der Waals surface area contributed by atoms with E-state index in [0.717, 1.165) is 0 Å². The number of nitrogens with zero attached hydrogens (tertiary/aromatic N) is 1. The number of hydrogen-bond acceptors (Lipinski definition) is 2. The summed E-state index contributed by atoms with van der Waals surface area (Å²) in [6.45, 7) is 2.10. The number of hydrogen-bond donors (Lipinski definition) is 1. The van der Waals surface area contributed by atoms with Crippen molar-refractivity contribution >= 4 is 5.91 Å². The van der Waals surface area contributed by atoms with Crippen molar-refractivity contribution < 1.29 is 18.7 Å². The van der Waals surface area contributed by atoms with Gasteiger partial charge in [0.1, 0.15) is 11.6 Å². The van der Waals surface area contributed by atoms with Gasteiger partial charge in [-0.25, -0.2) is 8.78 Å². The molecule has 0 radical (unpaired) electrons. The molecule has 0 aromatic heterocycles. The van der Waals surface area contributed by atoms with Crippen LogP contribution in [0.1, 0.15) is 31.2 Å². The van der Waals surface area contributed by atoms with E-state index in [2.05, 4.69) is 0 Å². The predicted octanol–water partition coefficient (Wildman–Crippen LogP) is 2.30. The first-order valence-corrected chi connectivity index (χ1v) is 6.78. The summed E-state index contributed by atoms with van der Waals surface area (Å²) < 4.78 is 27.3. The van der Waals surface area contributed by atoms with Crippen LogP contribution in [0.4, 0.5) is 8.78 Å². The van der Waals surface area contributed by atoms with Gasteiger partial charge in [0.15, 0.2) is 0 Å². The summed E-state index contributed by atoms with van der Waals surface area (Å²) in [5, 5.41) is 9.20. The lowest BCUT2D eigenvalue weighted by atomic mass is 10.1. The molecule has 1 fully saturated rings. The molecule has 2 rings (SSSR count). The number of carbonyl (C=O) groups excluding carboxylic acids is 1. The van der Waals surface area contributed by atoms with E-state index in [9.17, 15) is 18.7 Å². The molecule has 0 aliphatic heterocycles. The Morgan fingerprint density at radius 3 is 2.60 bits per heavy atom. The molecule has 3 nitrogen and oxygen atoms in total. The van der Waals surface area contributed by atoms with Crippen molar-refractivity contribution in [3.63, 3.8) is 0 Å². The lowest BCUT2D eigenvalue weighted by Crippen LogP contribution is -2.31. The van der Waals surface area contributed by atoms with Crippen LogP contribution in [0, 0.1) is 17.6 Å². The summed E-state index contributed by atoms with van der Waals surface area (Å²) in [6.07, 6.45) is 0.507. The Labute approximate surface area is 117 Å². The monoisotopic (exact) mass is 283 g/mol. The summed E-state index contributed by atoms with van der Waals surface area (Å²) in [5.41, 5.74) is 0.0229. The molecule has 3 unspecified atom stereocenters. The van der Waals surface area contributed by atoms with Gasteiger partial charge in [-0.15, -0.1) is 0 Å². The van der Waals surface area contributed by atoms with Crippen LogP contribution in [0.15, 0.2) is 18.2 Å². The average Bonchev–Trinajstić information content (AvgIpc) is 3.15. The van der Waals surface area contributed by atoms with E-state index in [1.54, 1.807) is 14.0 Å². The molecule has 0 saturated heterocycles. The van der Waals surface area contributed by atoms with Gasteiger partial charge in [0.05, 0.1) is 6.10 Å². The molecular formula is C15H19F2NO2. The van der Waals surface area contributed by atoms with Gasteiger partial charge in [-0.3, -0.25) is 4.79 Å². The Morgan fingerprint density at radius 1 is 1.45 bits per heavy atom. The van der Waals surface area contributed by atoms with Gasteiger partial charge < -0.3 is 10.0 Å². The maximum atomic E-state index is 13.6. The van der Waals surface area contributed by atoms with Crippen LogP contribution in [-0.4, -0.2) is 35.6 Å². The van der Waals surface area contributed by atoms with Crippen molar-refractivity contribution in [1.29, 1.82) is 0 Å². The normalized spacial score (nSPS) is 22.4. The molecular weight excluding hydrogens is 264 g/mol. The third-order valence-electron chi connectivity index (χ3n) is 3.74. The lowest BCUT2D eigenvalue weighted by Gasteiger charge is -2.18. The first-order valence-electron chi connectivity index (χ1n) is 6.78. The molecule has 110 valence electrons. The Hall–Kier alpha value is -1.49. The van der Waals surface area contributed by atoms with Gasteiger partial charge >= 0.3 is 0 Å². The molecule has 1 aromatic carbocycles. The van der Waals surface area contributed by atoms with E-state index in [1.165, 1.54) is 23.1 Å². The minimum atomic E-state index is -0.586. The van der Waals surface area contributed by atoms with Gasteiger partial charge in [0.2, 0.25) is 5.91 Å². The van der Waals surface area contributed by atoms with Crippen molar-refractivity contribution in [3.8, 4) is 0 Å². The van der Waals surface area contributed by atoms with Crippen LogP contribution in [0.5, 0.6) is 0 Å². The fourth-order valence-corrected chi connectivity index (χ4v) is 2.43. The van der Waals surface area contributed by atoms with E-state index in [1.807, 2.05) is 0 Å². The van der Waals surface area contributed by atoms with Crippen molar-refractivity contribution in [2.45, 2.75) is 31.8 Å². The molecule has 20 heavy (non-hydrogen) atoms. The fourth-order valence-electron chi connectivity index (χ4n) is 2.43. The standard InChI is InChI=1S/C15H19F2NO2/c1-9(19)6-7-18(2)15(20)11-8-10(11)14-12(16)4-3-5-13(14)17/h3-5,9-11,19H,6-8H2,1-2H3. The van der Waals surface area contributed by atoms with E-state index >= 15 is 0 Å². The molecule has 1 saturated carbocycles. The number of halogens is 2. The maximum absolute atomic E-state index is 13.6. The highest BCUT2D eigenvalue weighted by molar-refractivity contribution is 5.82. The van der Waals surface area contributed by atoms with Crippen molar-refractivity contribution in [2.24, 2.45) is 5.92 Å². The quantitative estimate of drug-likeness (QED) is 0.900. The van der Waals surface area contributed by atoms with Crippen molar-refractivity contribution in [1.82, 2.24) is 4.90 Å². The first-order chi connectivity index (χ1) is 9.41. The summed E-state index contributed by atoms with van der Waals surface area (Å²) in [5.74, 6) is -2.00. The molecule has 5 heteroatoms. The minimum absolute atomic E-state index is 0.0229. The number of carbonyl (C=O) groups is 1. The van der Waals surface area contributed by atoms with Crippen molar-refractivity contribution in [3.05, 3.63) is 35.4 Å². The average molecular weight is 283 g/mol. The zero-order valence-corrected chi connectivity index (χ0v) is 11.6. The highest BCUT2D eigenvalue weighted by atomic mass is 19.1. The summed E-state index contributed by atoms with van der Waals surface area (Å²) in [7, 11) is 1.65. The molecule has 1 amide bonds. The van der Waals surface area contributed by atoms with Crippen molar-refractivity contribution in [2.75, 3.05) is 13.6 Å². The Morgan fingerprint density at radius 2 is 2.05 bits per heavy atom. The van der Waals surface area contributed by atoms with Gasteiger partial charge in [-0.1, -0.05) is 6.07 Å². The molecule has 1 aliphatic rings. The van der Waals surface area contributed by atoms with Crippen LogP contribution in [0.25, 0.3) is 0 Å². The van der Waals surface area contributed by atoms with E-state index in [0.29, 0.717) is 19.4 Å². The molecule has 1 N–H and O–H groups in total. The Kier molecular flexibility index (Phi) is 4.38. The molecule has 0 spiro atoms. The van der Waals surface area contributed by atoms with Crippen LogP contribution in [0.2, 0.25) is 0 Å². The van der Waals surface area contributed by atoms with Crippen LogP contribution in [-0.2, 0) is 4.79 Å². The third kappa shape index (κ3) is 3.15. The topological polar surface area (TPSA) is 40.5 Å². The van der Waals surface area contributed by atoms with Gasteiger partial charge in [-0.2, -0.15) is 0 Å². The SMILES string of the molecule is CC(O)CCN(C)C(=O)C1CC1c1c(F)cccc1F. The summed E-state index contributed by atoms with van der Waals surface area (Å²) in [4.78, 5) is 13.6. The van der Waals surface area contributed by atoms with Crippen LogP contribution >= 0.6 is 0 Å². The number of rotatable bonds is 5. The molecule has 3 atom stereocenters. The molecule has 1 aliphatic carbocycles. The summed E-state index contributed by atoms with van der Waals surface area (Å²) in [6, 6.07) is 3.76. The van der Waals surface area contributed by atoms with Gasteiger partial charge in [-0.05, 0) is 31.9 Å². The second-order valence-corrected chi connectivity index (χ2v) is 5.48. The molecule has 0 heterocycles. The highest BCUT2D eigenvalue weighted by Crippen LogP contribution is 2.49. The predicted molar refractivity (Wildman–Crippen MR) is 71.1 cm³/mol. The number of amides is 1. The largest absolute Gasteiger partial charge is 0.393 e. The summed E-state index contributed by atoms with van der Waals surface area (Å²) >= 11 is 0. The number of benzene rings is 1. The zero-order valence-electron chi connectivity index (χ0n) is 11.6. The number of aliphatic hydroxyl groups is 1. The second kappa shape index (κ2) is 5.87. The van der Waals surface area contributed by atoms with Crippen LogP contribution < -0.4 is 0 Å². The maximum Gasteiger partial charge on any atom is 0.226 e. The van der Waals surface area contributed by atoms with Gasteiger partial charge in [0.25, 0.3) is 0 Å². The highest BCUT2D eigenvalue weighted by Gasteiger charge is 2.47. The van der Waals surface area contributed by atoms with E-state index in [4.69, 9.17) is 0 Å². The Balaban J connectivity index is 1.99. The van der Waals surface area contributed by atoms with E-state index < -0.39 is 17.7 Å². The van der Waals surface area contributed by atoms with Crippen LogP contribution in [0.3, 0.4) is 0 Å². The second-order valence-electron chi connectivity index (χ2n) is 5.48. The first kappa shape index (κ1) is 14.9. The fraction of sp³-hybridized carbons (Fsp3) is 0.533.